The van der Waals surface area contributed by atoms with E-state index in [0.717, 1.165) is 37.2 Å². The topological polar surface area (TPSA) is 49.7 Å². The Balaban J connectivity index is 2.95. The maximum atomic E-state index is 12.9. The predicted molar refractivity (Wildman–Crippen MR) is 133 cm³/mol. The monoisotopic (exact) mass is 454 g/mol. The van der Waals surface area contributed by atoms with Crippen LogP contribution in [0.2, 0.25) is 0 Å². The molecule has 6 heteroatoms. The summed E-state index contributed by atoms with van der Waals surface area (Å²) in [5, 5.41) is 0.657. The minimum Gasteiger partial charge on any atom is -0.351 e. The van der Waals surface area contributed by atoms with Crippen LogP contribution in [0.3, 0.4) is 0 Å². The summed E-state index contributed by atoms with van der Waals surface area (Å²) in [5.41, 5.74) is 1.04. The SMILES string of the molecule is CCCCCCCN(CCCCCCC)C(=NS(=O)(=O)c1ccc(C)cc1)SCC. The summed E-state index contributed by atoms with van der Waals surface area (Å²) in [6.45, 7) is 10.2. The van der Waals surface area contributed by atoms with E-state index in [1.165, 1.54) is 51.4 Å². The molecular weight excluding hydrogens is 412 g/mol. The van der Waals surface area contributed by atoms with Crippen molar-refractivity contribution in [3.63, 3.8) is 0 Å². The van der Waals surface area contributed by atoms with Crippen LogP contribution in [0.1, 0.15) is 90.5 Å². The molecule has 0 heterocycles. The van der Waals surface area contributed by atoms with Crippen LogP contribution in [0.5, 0.6) is 0 Å². The van der Waals surface area contributed by atoms with E-state index in [0.29, 0.717) is 5.17 Å². The number of amidine groups is 1. The average Bonchev–Trinajstić information content (AvgIpc) is 2.72. The van der Waals surface area contributed by atoms with Gasteiger partial charge >= 0.3 is 0 Å². The van der Waals surface area contributed by atoms with Crippen molar-refractivity contribution in [1.82, 2.24) is 4.90 Å². The zero-order valence-electron chi connectivity index (χ0n) is 19.5. The molecule has 0 bridgehead atoms. The third kappa shape index (κ3) is 10.9. The number of sulfonamides is 1. The molecule has 0 saturated heterocycles. The Kier molecular flexibility index (Phi) is 14.2. The van der Waals surface area contributed by atoms with Crippen molar-refractivity contribution < 1.29 is 8.42 Å². The molecule has 0 unspecified atom stereocenters. The van der Waals surface area contributed by atoms with Crippen molar-refractivity contribution in [3.8, 4) is 0 Å². The van der Waals surface area contributed by atoms with Crippen molar-refractivity contribution in [2.45, 2.75) is 96.8 Å². The van der Waals surface area contributed by atoms with Gasteiger partial charge in [0.25, 0.3) is 10.0 Å². The zero-order valence-corrected chi connectivity index (χ0v) is 21.2. The minimum atomic E-state index is -3.70. The molecular formula is C24H42N2O2S2. The highest BCUT2D eigenvalue weighted by atomic mass is 32.2. The number of rotatable bonds is 15. The first kappa shape index (κ1) is 27.0. The Hall–Kier alpha value is -1.01. The fraction of sp³-hybridized carbons (Fsp3) is 0.708. The van der Waals surface area contributed by atoms with Gasteiger partial charge in [-0.2, -0.15) is 8.42 Å². The molecule has 1 aromatic carbocycles. The van der Waals surface area contributed by atoms with Gasteiger partial charge in [0.2, 0.25) is 0 Å². The lowest BCUT2D eigenvalue weighted by molar-refractivity contribution is 0.391. The second-order valence-corrected chi connectivity index (χ2v) is 10.7. The number of hydrogen-bond donors (Lipinski definition) is 0. The quantitative estimate of drug-likeness (QED) is 0.162. The van der Waals surface area contributed by atoms with Gasteiger partial charge in [-0.1, -0.05) is 102 Å². The Labute approximate surface area is 190 Å². The molecule has 0 amide bonds. The van der Waals surface area contributed by atoms with E-state index in [-0.39, 0.29) is 4.90 Å². The average molecular weight is 455 g/mol. The lowest BCUT2D eigenvalue weighted by atomic mass is 10.1. The number of benzene rings is 1. The van der Waals surface area contributed by atoms with Crippen LogP contribution >= 0.6 is 11.8 Å². The zero-order chi connectivity index (χ0) is 22.2. The van der Waals surface area contributed by atoms with Gasteiger partial charge in [-0.3, -0.25) is 0 Å². The van der Waals surface area contributed by atoms with E-state index in [4.69, 9.17) is 0 Å². The summed E-state index contributed by atoms with van der Waals surface area (Å²) in [7, 11) is -3.70. The first-order valence-corrected chi connectivity index (χ1v) is 14.2. The second-order valence-electron chi connectivity index (χ2n) is 7.91. The van der Waals surface area contributed by atoms with Crippen LogP contribution < -0.4 is 0 Å². The van der Waals surface area contributed by atoms with E-state index >= 15 is 0 Å². The first-order valence-electron chi connectivity index (χ1n) is 11.7. The fourth-order valence-corrected chi connectivity index (χ4v) is 5.32. The van der Waals surface area contributed by atoms with Crippen molar-refractivity contribution in [1.29, 1.82) is 0 Å². The number of nitrogens with zero attached hydrogens (tertiary/aromatic N) is 2. The number of hydrogen-bond acceptors (Lipinski definition) is 3. The van der Waals surface area contributed by atoms with E-state index in [1.54, 1.807) is 23.9 Å². The van der Waals surface area contributed by atoms with Crippen molar-refractivity contribution >= 4 is 27.0 Å². The van der Waals surface area contributed by atoms with Crippen LogP contribution in [0.15, 0.2) is 33.6 Å². The number of thioether (sulfide) groups is 1. The Morgan fingerprint density at radius 1 is 0.833 bits per heavy atom. The van der Waals surface area contributed by atoms with E-state index in [2.05, 4.69) is 30.1 Å². The van der Waals surface area contributed by atoms with Crippen LogP contribution in [0.25, 0.3) is 0 Å². The van der Waals surface area contributed by atoms with Gasteiger partial charge in [-0.15, -0.1) is 4.40 Å². The molecule has 4 nitrogen and oxygen atoms in total. The highest BCUT2D eigenvalue weighted by molar-refractivity contribution is 8.14. The summed E-state index contributed by atoms with van der Waals surface area (Å²) in [6.07, 6.45) is 12.0. The molecule has 0 aliphatic rings. The van der Waals surface area contributed by atoms with Crippen molar-refractivity contribution in [2.75, 3.05) is 18.8 Å². The lowest BCUT2D eigenvalue weighted by Gasteiger charge is -2.25. The molecule has 0 atom stereocenters. The van der Waals surface area contributed by atoms with Gasteiger partial charge in [0.05, 0.1) is 4.90 Å². The molecule has 172 valence electrons. The Morgan fingerprint density at radius 2 is 1.33 bits per heavy atom. The fourth-order valence-electron chi connectivity index (χ4n) is 3.29. The summed E-state index contributed by atoms with van der Waals surface area (Å²) in [6, 6.07) is 6.97. The summed E-state index contributed by atoms with van der Waals surface area (Å²) in [5.74, 6) is 0.810. The molecule has 0 N–H and O–H groups in total. The first-order chi connectivity index (χ1) is 14.4. The molecule has 0 spiro atoms. The van der Waals surface area contributed by atoms with Gasteiger partial charge in [-0.25, -0.2) is 0 Å². The summed E-state index contributed by atoms with van der Waals surface area (Å²) < 4.78 is 30.2. The van der Waals surface area contributed by atoms with Gasteiger partial charge in [0.15, 0.2) is 5.17 Å². The highest BCUT2D eigenvalue weighted by Crippen LogP contribution is 2.19. The van der Waals surface area contributed by atoms with E-state index < -0.39 is 10.0 Å². The molecule has 30 heavy (non-hydrogen) atoms. The van der Waals surface area contributed by atoms with Gasteiger partial charge < -0.3 is 4.90 Å². The van der Waals surface area contributed by atoms with Gasteiger partial charge in [0, 0.05) is 13.1 Å². The Morgan fingerprint density at radius 3 is 1.80 bits per heavy atom. The predicted octanol–water partition coefficient (Wildman–Crippen LogP) is 7.04. The Bertz CT molecular complexity index is 686. The molecule has 0 saturated carbocycles. The maximum absolute atomic E-state index is 12.9. The van der Waals surface area contributed by atoms with E-state index in [9.17, 15) is 8.42 Å². The molecule has 0 aliphatic carbocycles. The molecule has 0 fully saturated rings. The van der Waals surface area contributed by atoms with Crippen LogP contribution in [0, 0.1) is 6.92 Å². The summed E-state index contributed by atoms with van der Waals surface area (Å²) >= 11 is 1.54. The molecule has 0 radical (unpaired) electrons. The maximum Gasteiger partial charge on any atom is 0.284 e. The number of aryl methyl sites for hydroxylation is 1. The van der Waals surface area contributed by atoms with Crippen molar-refractivity contribution in [2.24, 2.45) is 4.40 Å². The molecule has 0 aliphatic heterocycles. The normalized spacial score (nSPS) is 12.3. The van der Waals surface area contributed by atoms with Gasteiger partial charge in [-0.05, 0) is 37.7 Å². The van der Waals surface area contributed by atoms with Crippen LogP contribution in [0.4, 0.5) is 0 Å². The third-order valence-electron chi connectivity index (χ3n) is 5.12. The smallest absolute Gasteiger partial charge is 0.284 e. The van der Waals surface area contributed by atoms with Gasteiger partial charge in [0.1, 0.15) is 0 Å². The molecule has 0 aromatic heterocycles. The second kappa shape index (κ2) is 15.7. The van der Waals surface area contributed by atoms with E-state index in [1.807, 2.05) is 19.1 Å². The third-order valence-corrected chi connectivity index (χ3v) is 7.42. The molecule has 1 aromatic rings. The van der Waals surface area contributed by atoms with Crippen molar-refractivity contribution in [3.05, 3.63) is 29.8 Å². The number of unbranched alkanes of at least 4 members (excludes halogenated alkanes) is 8. The lowest BCUT2D eigenvalue weighted by Crippen LogP contribution is -2.32. The van der Waals surface area contributed by atoms with Crippen LogP contribution in [-0.4, -0.2) is 37.3 Å². The standard InChI is InChI=1S/C24H42N2O2S2/c1-5-8-10-12-14-20-26(21-15-13-11-9-6-2)24(29-7-3)25-30(27,28)23-18-16-22(4)17-19-23/h16-19H,5-15,20-21H2,1-4H3. The minimum absolute atomic E-state index is 0.271. The molecule has 1 rings (SSSR count). The van der Waals surface area contributed by atoms with Crippen LogP contribution in [-0.2, 0) is 10.0 Å². The highest BCUT2D eigenvalue weighted by Gasteiger charge is 2.18. The summed E-state index contributed by atoms with van der Waals surface area (Å²) in [4.78, 5) is 2.49. The largest absolute Gasteiger partial charge is 0.351 e.